The van der Waals surface area contributed by atoms with Gasteiger partial charge in [0.2, 0.25) is 0 Å². The highest BCUT2D eigenvalue weighted by Gasteiger charge is 2.15. The lowest BCUT2D eigenvalue weighted by molar-refractivity contribution is 0.0310. The molecule has 124 valence electrons. The second-order valence-corrected chi connectivity index (χ2v) is 5.77. The summed E-state index contributed by atoms with van der Waals surface area (Å²) >= 11 is 6.04. The van der Waals surface area contributed by atoms with Gasteiger partial charge in [-0.2, -0.15) is 0 Å². The van der Waals surface area contributed by atoms with E-state index in [9.17, 15) is 0 Å². The average molecular weight is 328 g/mol. The van der Waals surface area contributed by atoms with Crippen molar-refractivity contribution in [2.24, 2.45) is 4.99 Å². The first-order chi connectivity index (χ1) is 10.5. The van der Waals surface area contributed by atoms with Gasteiger partial charge in [-0.1, -0.05) is 23.7 Å². The van der Waals surface area contributed by atoms with Gasteiger partial charge in [0.05, 0.1) is 23.7 Å². The zero-order chi connectivity index (χ0) is 16.4. The van der Waals surface area contributed by atoms with Crippen LogP contribution in [0.15, 0.2) is 29.3 Å². The van der Waals surface area contributed by atoms with Crippen LogP contribution in [0.4, 0.5) is 0 Å². The molecule has 0 amide bonds. The lowest BCUT2D eigenvalue weighted by Gasteiger charge is -2.21. The van der Waals surface area contributed by atoms with Crippen molar-refractivity contribution < 1.29 is 9.47 Å². The van der Waals surface area contributed by atoms with E-state index < -0.39 is 0 Å². The van der Waals surface area contributed by atoms with Crippen LogP contribution >= 0.6 is 11.6 Å². The van der Waals surface area contributed by atoms with Gasteiger partial charge in [0, 0.05) is 13.7 Å². The van der Waals surface area contributed by atoms with Gasteiger partial charge < -0.3 is 20.1 Å². The SMILES string of the molecule is CCNC(=NCC(C)(C)OC)NCCOc1ccccc1Cl. The molecule has 22 heavy (non-hydrogen) atoms. The third-order valence-corrected chi connectivity index (χ3v) is 3.32. The monoisotopic (exact) mass is 327 g/mol. The van der Waals surface area contributed by atoms with E-state index in [4.69, 9.17) is 21.1 Å². The maximum atomic E-state index is 6.04. The number of aliphatic imine (C=N–C) groups is 1. The van der Waals surface area contributed by atoms with E-state index in [0.29, 0.717) is 30.5 Å². The number of rotatable bonds is 8. The van der Waals surface area contributed by atoms with Gasteiger partial charge in [-0.3, -0.25) is 4.99 Å². The van der Waals surface area contributed by atoms with Gasteiger partial charge in [-0.25, -0.2) is 0 Å². The average Bonchev–Trinajstić information content (AvgIpc) is 2.50. The summed E-state index contributed by atoms with van der Waals surface area (Å²) < 4.78 is 11.0. The molecule has 0 aromatic heterocycles. The van der Waals surface area contributed by atoms with E-state index in [1.165, 1.54) is 0 Å². The molecule has 0 bridgehead atoms. The number of halogens is 1. The Morgan fingerprint density at radius 3 is 2.64 bits per heavy atom. The summed E-state index contributed by atoms with van der Waals surface area (Å²) in [7, 11) is 1.69. The van der Waals surface area contributed by atoms with E-state index in [0.717, 1.165) is 12.5 Å². The first-order valence-corrected chi connectivity index (χ1v) is 7.81. The third-order valence-electron chi connectivity index (χ3n) is 3.00. The van der Waals surface area contributed by atoms with Gasteiger partial charge in [-0.15, -0.1) is 0 Å². The topological polar surface area (TPSA) is 54.9 Å². The van der Waals surface area contributed by atoms with Crippen LogP contribution in [0.25, 0.3) is 0 Å². The number of methoxy groups -OCH3 is 1. The van der Waals surface area contributed by atoms with E-state index in [-0.39, 0.29) is 5.60 Å². The summed E-state index contributed by atoms with van der Waals surface area (Å²) in [5, 5.41) is 7.03. The molecule has 0 saturated heterocycles. The molecule has 0 heterocycles. The summed E-state index contributed by atoms with van der Waals surface area (Å²) in [4.78, 5) is 4.51. The van der Waals surface area contributed by atoms with E-state index in [2.05, 4.69) is 15.6 Å². The van der Waals surface area contributed by atoms with Crippen molar-refractivity contribution in [3.63, 3.8) is 0 Å². The molecule has 0 unspecified atom stereocenters. The Labute approximate surface area is 138 Å². The smallest absolute Gasteiger partial charge is 0.191 e. The van der Waals surface area contributed by atoms with Crippen LogP contribution < -0.4 is 15.4 Å². The van der Waals surface area contributed by atoms with Crippen LogP contribution in [0, 0.1) is 0 Å². The molecule has 0 aliphatic rings. The molecule has 0 saturated carbocycles. The quantitative estimate of drug-likeness (QED) is 0.438. The fourth-order valence-corrected chi connectivity index (χ4v) is 1.76. The normalized spacial score (nSPS) is 12.1. The summed E-state index contributed by atoms with van der Waals surface area (Å²) in [6.07, 6.45) is 0. The predicted octanol–water partition coefficient (Wildman–Crippen LogP) is 2.70. The van der Waals surface area contributed by atoms with E-state index in [1.807, 2.05) is 45.0 Å². The molecule has 1 aromatic carbocycles. The fourth-order valence-electron chi connectivity index (χ4n) is 1.57. The van der Waals surface area contributed by atoms with Gasteiger partial charge >= 0.3 is 0 Å². The minimum Gasteiger partial charge on any atom is -0.490 e. The van der Waals surface area contributed by atoms with Crippen molar-refractivity contribution in [1.82, 2.24) is 10.6 Å². The summed E-state index contributed by atoms with van der Waals surface area (Å²) in [5.74, 6) is 1.43. The summed E-state index contributed by atoms with van der Waals surface area (Å²) in [5.41, 5.74) is -0.281. The van der Waals surface area contributed by atoms with Gasteiger partial charge in [0.15, 0.2) is 5.96 Å². The van der Waals surface area contributed by atoms with Crippen molar-refractivity contribution in [3.8, 4) is 5.75 Å². The number of ether oxygens (including phenoxy) is 2. The van der Waals surface area contributed by atoms with Crippen molar-refractivity contribution >= 4 is 17.6 Å². The number of guanidine groups is 1. The molecule has 0 spiro atoms. The molecule has 1 rings (SSSR count). The van der Waals surface area contributed by atoms with Crippen LogP contribution in [-0.2, 0) is 4.74 Å². The molecule has 2 N–H and O–H groups in total. The number of nitrogens with zero attached hydrogens (tertiary/aromatic N) is 1. The lowest BCUT2D eigenvalue weighted by Crippen LogP contribution is -2.40. The van der Waals surface area contributed by atoms with Gasteiger partial charge in [-0.05, 0) is 32.9 Å². The highest BCUT2D eigenvalue weighted by atomic mass is 35.5. The van der Waals surface area contributed by atoms with Crippen LogP contribution in [0.1, 0.15) is 20.8 Å². The van der Waals surface area contributed by atoms with Crippen molar-refractivity contribution in [2.75, 3.05) is 33.4 Å². The van der Waals surface area contributed by atoms with E-state index >= 15 is 0 Å². The minimum atomic E-state index is -0.281. The molecule has 5 nitrogen and oxygen atoms in total. The number of hydrogen-bond acceptors (Lipinski definition) is 3. The molecular weight excluding hydrogens is 302 g/mol. The van der Waals surface area contributed by atoms with Gasteiger partial charge in [0.1, 0.15) is 12.4 Å². The van der Waals surface area contributed by atoms with Crippen LogP contribution in [0.3, 0.4) is 0 Å². The Hall–Kier alpha value is -1.46. The second kappa shape index (κ2) is 9.54. The predicted molar refractivity (Wildman–Crippen MR) is 92.0 cm³/mol. The van der Waals surface area contributed by atoms with E-state index in [1.54, 1.807) is 7.11 Å². The maximum Gasteiger partial charge on any atom is 0.191 e. The number of para-hydroxylation sites is 1. The highest BCUT2D eigenvalue weighted by molar-refractivity contribution is 6.32. The first kappa shape index (κ1) is 18.6. The highest BCUT2D eigenvalue weighted by Crippen LogP contribution is 2.22. The van der Waals surface area contributed by atoms with Crippen LogP contribution in [0.2, 0.25) is 5.02 Å². The molecule has 0 radical (unpaired) electrons. The largest absolute Gasteiger partial charge is 0.490 e. The fraction of sp³-hybridized carbons (Fsp3) is 0.562. The number of nitrogens with one attached hydrogen (secondary N) is 2. The van der Waals surface area contributed by atoms with Crippen molar-refractivity contribution in [1.29, 1.82) is 0 Å². The summed E-state index contributed by atoms with van der Waals surface area (Å²) in [6.45, 7) is 8.53. The molecule has 0 aliphatic carbocycles. The minimum absolute atomic E-state index is 0.281. The molecule has 6 heteroatoms. The number of benzene rings is 1. The summed E-state index contributed by atoms with van der Waals surface area (Å²) in [6, 6.07) is 7.43. The Morgan fingerprint density at radius 1 is 1.27 bits per heavy atom. The standard InChI is InChI=1S/C16H26ClN3O2/c1-5-18-15(20-12-16(2,3)21-4)19-10-11-22-14-9-7-6-8-13(14)17/h6-9H,5,10-12H2,1-4H3,(H2,18,19,20). The maximum absolute atomic E-state index is 6.04. The first-order valence-electron chi connectivity index (χ1n) is 7.43. The Bertz CT molecular complexity index is 478. The molecular formula is C16H26ClN3O2. The zero-order valence-electron chi connectivity index (χ0n) is 13.8. The van der Waals surface area contributed by atoms with Crippen molar-refractivity contribution in [3.05, 3.63) is 29.3 Å². The number of hydrogen-bond donors (Lipinski definition) is 2. The van der Waals surface area contributed by atoms with Crippen LogP contribution in [-0.4, -0.2) is 44.9 Å². The molecule has 0 aliphatic heterocycles. The molecule has 1 aromatic rings. The Kier molecular flexibility index (Phi) is 8.06. The van der Waals surface area contributed by atoms with Gasteiger partial charge in [0.25, 0.3) is 0 Å². The third kappa shape index (κ3) is 7.00. The molecule has 0 atom stereocenters. The Balaban J connectivity index is 2.41. The van der Waals surface area contributed by atoms with Crippen molar-refractivity contribution in [2.45, 2.75) is 26.4 Å². The Morgan fingerprint density at radius 2 is 2.00 bits per heavy atom. The zero-order valence-corrected chi connectivity index (χ0v) is 14.5. The van der Waals surface area contributed by atoms with Crippen LogP contribution in [0.5, 0.6) is 5.75 Å². The lowest BCUT2D eigenvalue weighted by atomic mass is 10.1. The second-order valence-electron chi connectivity index (χ2n) is 5.36. The molecule has 0 fully saturated rings.